The Hall–Kier alpha value is -2.22. The van der Waals surface area contributed by atoms with Crippen molar-refractivity contribution in [3.05, 3.63) is 45.9 Å². The van der Waals surface area contributed by atoms with Crippen molar-refractivity contribution in [3.63, 3.8) is 0 Å². The van der Waals surface area contributed by atoms with Gasteiger partial charge in [0, 0.05) is 19.1 Å². The van der Waals surface area contributed by atoms with Gasteiger partial charge in [0.25, 0.3) is 0 Å². The van der Waals surface area contributed by atoms with E-state index in [1.807, 2.05) is 6.08 Å². The lowest BCUT2D eigenvalue weighted by molar-refractivity contribution is -0.177. The molecule has 0 N–H and O–H groups in total. The van der Waals surface area contributed by atoms with E-state index in [-0.39, 0.29) is 18.0 Å². The van der Waals surface area contributed by atoms with Crippen molar-refractivity contribution < 1.29 is 33.2 Å². The molecule has 7 nitrogen and oxygen atoms in total. The van der Waals surface area contributed by atoms with Crippen LogP contribution in [0, 0.1) is 11.8 Å². The van der Waals surface area contributed by atoms with Crippen LogP contribution >= 0.6 is 11.6 Å². The van der Waals surface area contributed by atoms with Crippen LogP contribution in [0.4, 0.5) is 0 Å². The summed E-state index contributed by atoms with van der Waals surface area (Å²) >= 11 is 6.23. The number of rotatable bonds is 3. The summed E-state index contributed by atoms with van der Waals surface area (Å²) in [6.45, 7) is 0. The summed E-state index contributed by atoms with van der Waals surface area (Å²) in [5, 5.41) is 0.353. The summed E-state index contributed by atoms with van der Waals surface area (Å²) in [6.07, 6.45) is 1.10. The summed E-state index contributed by atoms with van der Waals surface area (Å²) in [4.78, 5) is 13.5. The Labute approximate surface area is 166 Å². The number of hydrogen-bond acceptors (Lipinski definition) is 7. The van der Waals surface area contributed by atoms with Gasteiger partial charge in [-0.2, -0.15) is 0 Å². The fraction of sp³-hybridized carbons (Fsp3) is 0.450. The molecule has 1 aromatic rings. The van der Waals surface area contributed by atoms with E-state index >= 15 is 0 Å². The second kappa shape index (κ2) is 6.40. The van der Waals surface area contributed by atoms with Crippen molar-refractivity contribution in [2.75, 3.05) is 21.3 Å². The Bertz CT molecular complexity index is 921. The first-order chi connectivity index (χ1) is 13.6. The maximum atomic E-state index is 13.5. The van der Waals surface area contributed by atoms with Gasteiger partial charge in [-0.3, -0.25) is 4.79 Å². The van der Waals surface area contributed by atoms with Gasteiger partial charge in [-0.25, -0.2) is 0 Å². The molecule has 0 radical (unpaired) electrons. The van der Waals surface area contributed by atoms with Gasteiger partial charge in [0.15, 0.2) is 17.8 Å². The normalized spacial score (nSPS) is 32.5. The first-order valence-electron chi connectivity index (χ1n) is 8.99. The SMILES string of the molecule is COC1=C2C(=CC3Oc4ccc(Cl)c(OC)c4C(=O)C13)O[C@H]1O[C@H](OC)C[C@@H]21. The van der Waals surface area contributed by atoms with Crippen LogP contribution in [0.25, 0.3) is 0 Å². The van der Waals surface area contributed by atoms with Gasteiger partial charge < -0.3 is 28.4 Å². The maximum absolute atomic E-state index is 13.5. The Morgan fingerprint density at radius 1 is 1.14 bits per heavy atom. The molecule has 1 aromatic carbocycles. The van der Waals surface area contributed by atoms with Crippen LogP contribution in [-0.4, -0.2) is 45.8 Å². The molecular formula is C20H19ClO7. The van der Waals surface area contributed by atoms with Crippen LogP contribution in [-0.2, 0) is 18.9 Å². The van der Waals surface area contributed by atoms with E-state index < -0.39 is 18.3 Å². The zero-order valence-corrected chi connectivity index (χ0v) is 16.3. The predicted octanol–water partition coefficient (Wildman–Crippen LogP) is 3.07. The molecule has 3 aliphatic heterocycles. The highest BCUT2D eigenvalue weighted by molar-refractivity contribution is 6.33. The number of ether oxygens (including phenoxy) is 6. The molecule has 0 spiro atoms. The third kappa shape index (κ3) is 2.33. The van der Waals surface area contributed by atoms with Crippen molar-refractivity contribution in [1.29, 1.82) is 0 Å². The highest BCUT2D eigenvalue weighted by Crippen LogP contribution is 2.52. The average Bonchev–Trinajstić information content (AvgIpc) is 3.24. The Morgan fingerprint density at radius 3 is 2.68 bits per heavy atom. The number of fused-ring (bicyclic) bond motifs is 5. The van der Waals surface area contributed by atoms with Crippen molar-refractivity contribution in [3.8, 4) is 11.5 Å². The summed E-state index contributed by atoms with van der Waals surface area (Å²) < 4.78 is 34.3. The first kappa shape index (κ1) is 17.8. The van der Waals surface area contributed by atoms with Crippen molar-refractivity contribution in [1.82, 2.24) is 0 Å². The number of Topliss-reactive ketones (excluding diaryl/α,β-unsaturated/α-hetero) is 1. The number of benzene rings is 1. The molecule has 28 heavy (non-hydrogen) atoms. The van der Waals surface area contributed by atoms with Gasteiger partial charge in [-0.1, -0.05) is 11.6 Å². The average molecular weight is 407 g/mol. The molecule has 148 valence electrons. The fourth-order valence-corrected chi connectivity index (χ4v) is 4.72. The van der Waals surface area contributed by atoms with Crippen LogP contribution in [0.1, 0.15) is 16.8 Å². The largest absolute Gasteiger partial charge is 0.500 e. The zero-order chi connectivity index (χ0) is 19.6. The first-order valence-corrected chi connectivity index (χ1v) is 9.37. The third-order valence-electron chi connectivity index (χ3n) is 5.68. The number of ketones is 1. The van der Waals surface area contributed by atoms with E-state index in [0.29, 0.717) is 40.0 Å². The fourth-order valence-electron chi connectivity index (χ4n) is 4.48. The van der Waals surface area contributed by atoms with Gasteiger partial charge in [-0.15, -0.1) is 0 Å². The standard InChI is InChI=1S/C20H19ClO7/c1-23-13-6-8-14-11(27-20(8)28-13)7-12-16(19(14)25-3)17(22)15-10(26-12)5-4-9(21)18(15)24-2/h4-5,7-8,12-13,16,20H,6H2,1-3H3/t8-,12?,13-,16?,20-/m0/s1. The molecule has 0 amide bonds. The molecule has 5 rings (SSSR count). The van der Waals surface area contributed by atoms with Crippen LogP contribution in [0.5, 0.6) is 11.5 Å². The lowest BCUT2D eigenvalue weighted by Gasteiger charge is -2.35. The summed E-state index contributed by atoms with van der Waals surface area (Å²) in [5.74, 6) is 1.04. The quantitative estimate of drug-likeness (QED) is 0.763. The van der Waals surface area contributed by atoms with Crippen LogP contribution in [0.3, 0.4) is 0 Å². The van der Waals surface area contributed by atoms with E-state index in [1.165, 1.54) is 7.11 Å². The van der Waals surface area contributed by atoms with E-state index in [2.05, 4.69) is 0 Å². The third-order valence-corrected chi connectivity index (χ3v) is 5.98. The number of allylic oxidation sites excluding steroid dienone is 1. The molecule has 4 aliphatic rings. The lowest BCUT2D eigenvalue weighted by Crippen LogP contribution is -2.41. The number of methoxy groups -OCH3 is 3. The molecule has 2 unspecified atom stereocenters. The second-order valence-corrected chi connectivity index (χ2v) is 7.43. The molecular weight excluding hydrogens is 388 g/mol. The van der Waals surface area contributed by atoms with Crippen LogP contribution in [0.2, 0.25) is 5.02 Å². The molecule has 2 fully saturated rings. The van der Waals surface area contributed by atoms with Crippen molar-refractivity contribution in [2.24, 2.45) is 11.8 Å². The van der Waals surface area contributed by atoms with Crippen LogP contribution < -0.4 is 9.47 Å². The minimum Gasteiger partial charge on any atom is -0.500 e. The Morgan fingerprint density at radius 2 is 1.96 bits per heavy atom. The van der Waals surface area contributed by atoms with E-state index in [1.54, 1.807) is 26.4 Å². The second-order valence-electron chi connectivity index (χ2n) is 7.02. The molecule has 0 aromatic heterocycles. The van der Waals surface area contributed by atoms with Gasteiger partial charge in [0.1, 0.15) is 34.9 Å². The summed E-state index contributed by atoms with van der Waals surface area (Å²) in [6, 6.07) is 3.32. The molecule has 1 aliphatic carbocycles. The molecule has 2 saturated heterocycles. The minimum absolute atomic E-state index is 0.0671. The Balaban J connectivity index is 1.62. The zero-order valence-electron chi connectivity index (χ0n) is 15.6. The lowest BCUT2D eigenvalue weighted by atomic mass is 9.79. The van der Waals surface area contributed by atoms with Gasteiger partial charge in [0.05, 0.1) is 25.2 Å². The van der Waals surface area contributed by atoms with E-state index in [0.717, 1.165) is 5.57 Å². The highest BCUT2D eigenvalue weighted by atomic mass is 35.5. The van der Waals surface area contributed by atoms with E-state index in [4.69, 9.17) is 40.0 Å². The number of hydrogen-bond donors (Lipinski definition) is 0. The van der Waals surface area contributed by atoms with Crippen LogP contribution in [0.15, 0.2) is 35.3 Å². The minimum atomic E-state index is -0.646. The van der Waals surface area contributed by atoms with Crippen molar-refractivity contribution in [2.45, 2.75) is 25.1 Å². The predicted molar refractivity (Wildman–Crippen MR) is 97.2 cm³/mol. The van der Waals surface area contributed by atoms with Gasteiger partial charge in [-0.05, 0) is 18.2 Å². The molecule has 0 bridgehead atoms. The monoisotopic (exact) mass is 406 g/mol. The number of halogens is 1. The Kier molecular flexibility index (Phi) is 4.08. The topological polar surface area (TPSA) is 72.5 Å². The van der Waals surface area contributed by atoms with Crippen molar-refractivity contribution >= 4 is 17.4 Å². The molecule has 3 heterocycles. The molecule has 0 saturated carbocycles. The molecule has 5 atom stereocenters. The highest BCUT2D eigenvalue weighted by Gasteiger charge is 2.54. The maximum Gasteiger partial charge on any atom is 0.209 e. The number of carbonyl (C=O) groups excluding carboxylic acids is 1. The van der Waals surface area contributed by atoms with Gasteiger partial charge in [0.2, 0.25) is 6.29 Å². The molecule has 8 heteroatoms. The van der Waals surface area contributed by atoms with Gasteiger partial charge >= 0.3 is 0 Å². The smallest absolute Gasteiger partial charge is 0.209 e. The number of carbonyl (C=O) groups is 1. The summed E-state index contributed by atoms with van der Waals surface area (Å²) in [7, 11) is 4.62. The summed E-state index contributed by atoms with van der Waals surface area (Å²) in [5.41, 5.74) is 1.17. The van der Waals surface area contributed by atoms with E-state index in [9.17, 15) is 4.79 Å².